The second kappa shape index (κ2) is 3.47. The van der Waals surface area contributed by atoms with Gasteiger partial charge < -0.3 is 9.97 Å². The number of nitro groups is 1. The molecule has 3 aromatic rings. The SMILES string of the molecule is O=c1[nH]c2cc([N+](=O)[O-])c3ncsc3c2[nH]c1=O. The van der Waals surface area contributed by atoms with Gasteiger partial charge in [-0.15, -0.1) is 11.3 Å². The van der Waals surface area contributed by atoms with Gasteiger partial charge in [-0.1, -0.05) is 0 Å². The van der Waals surface area contributed by atoms with Gasteiger partial charge in [-0.2, -0.15) is 0 Å². The zero-order valence-electron chi connectivity index (χ0n) is 8.59. The molecule has 0 atom stereocenters. The molecule has 3 rings (SSSR count). The van der Waals surface area contributed by atoms with Crippen molar-refractivity contribution in [2.24, 2.45) is 0 Å². The Kier molecular flexibility index (Phi) is 2.04. The lowest BCUT2D eigenvalue weighted by Crippen LogP contribution is -2.28. The number of nitro benzene ring substituents is 1. The van der Waals surface area contributed by atoms with Crippen LogP contribution in [0.25, 0.3) is 21.3 Å². The maximum Gasteiger partial charge on any atom is 0.314 e. The van der Waals surface area contributed by atoms with Gasteiger partial charge in [-0.25, -0.2) is 4.98 Å². The summed E-state index contributed by atoms with van der Waals surface area (Å²) in [4.78, 5) is 41.4. The molecule has 9 heteroatoms. The van der Waals surface area contributed by atoms with E-state index in [9.17, 15) is 19.7 Å². The fourth-order valence-corrected chi connectivity index (χ4v) is 2.53. The summed E-state index contributed by atoms with van der Waals surface area (Å²) in [6.07, 6.45) is 0. The highest BCUT2D eigenvalue weighted by atomic mass is 32.1. The fourth-order valence-electron chi connectivity index (χ4n) is 1.72. The number of hydrogen-bond acceptors (Lipinski definition) is 6. The molecule has 0 radical (unpaired) electrons. The van der Waals surface area contributed by atoms with Gasteiger partial charge in [0.1, 0.15) is 0 Å². The summed E-state index contributed by atoms with van der Waals surface area (Å²) in [6.45, 7) is 0. The fraction of sp³-hybridized carbons (Fsp3) is 0. The van der Waals surface area contributed by atoms with E-state index in [0.717, 1.165) is 11.3 Å². The highest BCUT2D eigenvalue weighted by molar-refractivity contribution is 7.17. The van der Waals surface area contributed by atoms with E-state index in [1.807, 2.05) is 0 Å². The lowest BCUT2D eigenvalue weighted by Gasteiger charge is -1.99. The van der Waals surface area contributed by atoms with E-state index in [-0.39, 0.29) is 16.7 Å². The standard InChI is InChI=1S/C9H4N4O4S/c14-8-9(15)12-5-3(11-8)1-4(13(16)17)6-7(5)18-2-10-6/h1-2H,(H,11,14)(H,12,15). The molecule has 2 N–H and O–H groups in total. The van der Waals surface area contributed by atoms with Crippen LogP contribution in [0.1, 0.15) is 0 Å². The molecule has 0 aliphatic heterocycles. The van der Waals surface area contributed by atoms with Crippen molar-refractivity contribution in [3.8, 4) is 0 Å². The number of fused-ring (bicyclic) bond motifs is 3. The molecule has 2 heterocycles. The summed E-state index contributed by atoms with van der Waals surface area (Å²) < 4.78 is 0.465. The number of non-ortho nitro benzene ring substituents is 1. The Morgan fingerprint density at radius 2 is 2.00 bits per heavy atom. The Morgan fingerprint density at radius 3 is 2.72 bits per heavy atom. The first-order valence-corrected chi connectivity index (χ1v) is 5.63. The first-order chi connectivity index (χ1) is 8.58. The molecule has 2 aromatic heterocycles. The van der Waals surface area contributed by atoms with Crippen molar-refractivity contribution in [1.29, 1.82) is 0 Å². The average molecular weight is 264 g/mol. The predicted molar refractivity (Wildman–Crippen MR) is 65.0 cm³/mol. The van der Waals surface area contributed by atoms with Gasteiger partial charge in [0, 0.05) is 6.07 Å². The van der Waals surface area contributed by atoms with Crippen molar-refractivity contribution < 1.29 is 4.92 Å². The highest BCUT2D eigenvalue weighted by Crippen LogP contribution is 2.32. The molecule has 0 unspecified atom stereocenters. The Labute approximate surface area is 101 Å². The second-order valence-corrected chi connectivity index (χ2v) is 4.37. The quantitative estimate of drug-likeness (QED) is 0.381. The maximum absolute atomic E-state index is 11.3. The van der Waals surface area contributed by atoms with Crippen LogP contribution >= 0.6 is 11.3 Å². The van der Waals surface area contributed by atoms with Crippen molar-refractivity contribution in [3.63, 3.8) is 0 Å². The van der Waals surface area contributed by atoms with Crippen LogP contribution in [-0.2, 0) is 0 Å². The van der Waals surface area contributed by atoms with Crippen molar-refractivity contribution in [1.82, 2.24) is 15.0 Å². The lowest BCUT2D eigenvalue weighted by molar-refractivity contribution is -0.383. The van der Waals surface area contributed by atoms with Crippen LogP contribution in [0.4, 0.5) is 5.69 Å². The summed E-state index contributed by atoms with van der Waals surface area (Å²) in [5.74, 6) is 0. The minimum absolute atomic E-state index is 0.195. The normalized spacial score (nSPS) is 11.1. The summed E-state index contributed by atoms with van der Waals surface area (Å²) in [5.41, 5.74) is 0.347. The zero-order valence-corrected chi connectivity index (χ0v) is 9.41. The number of hydrogen-bond donors (Lipinski definition) is 2. The molecule has 0 fully saturated rings. The maximum atomic E-state index is 11.3. The highest BCUT2D eigenvalue weighted by Gasteiger charge is 2.18. The number of nitrogens with zero attached hydrogens (tertiary/aromatic N) is 2. The van der Waals surface area contributed by atoms with E-state index in [2.05, 4.69) is 15.0 Å². The molecular weight excluding hydrogens is 260 g/mol. The van der Waals surface area contributed by atoms with Crippen LogP contribution in [0.2, 0.25) is 0 Å². The molecule has 0 bridgehead atoms. The van der Waals surface area contributed by atoms with E-state index >= 15 is 0 Å². The number of thiazole rings is 1. The topological polar surface area (TPSA) is 122 Å². The molecule has 0 saturated heterocycles. The summed E-state index contributed by atoms with van der Waals surface area (Å²) in [6, 6.07) is 1.19. The number of benzene rings is 1. The molecule has 0 amide bonds. The lowest BCUT2D eigenvalue weighted by atomic mass is 10.2. The minimum atomic E-state index is -0.847. The van der Waals surface area contributed by atoms with Crippen LogP contribution in [0.15, 0.2) is 21.2 Å². The van der Waals surface area contributed by atoms with Crippen molar-refractivity contribution in [2.75, 3.05) is 0 Å². The number of aromatic amines is 2. The molecule has 8 nitrogen and oxygen atoms in total. The molecule has 0 spiro atoms. The van der Waals surface area contributed by atoms with Crippen molar-refractivity contribution >= 4 is 38.3 Å². The molecule has 18 heavy (non-hydrogen) atoms. The van der Waals surface area contributed by atoms with E-state index in [1.54, 1.807) is 0 Å². The van der Waals surface area contributed by atoms with Crippen LogP contribution in [0.3, 0.4) is 0 Å². The molecule has 0 aliphatic rings. The first-order valence-electron chi connectivity index (χ1n) is 4.75. The van der Waals surface area contributed by atoms with Crippen LogP contribution in [-0.4, -0.2) is 19.9 Å². The van der Waals surface area contributed by atoms with Crippen molar-refractivity contribution in [3.05, 3.63) is 42.4 Å². The zero-order chi connectivity index (χ0) is 12.9. The van der Waals surface area contributed by atoms with Crippen LogP contribution in [0.5, 0.6) is 0 Å². The minimum Gasteiger partial charge on any atom is -0.316 e. The van der Waals surface area contributed by atoms with Crippen LogP contribution < -0.4 is 11.1 Å². The van der Waals surface area contributed by atoms with Crippen LogP contribution in [0, 0.1) is 10.1 Å². The van der Waals surface area contributed by atoms with Gasteiger partial charge in [-0.05, 0) is 0 Å². The third kappa shape index (κ3) is 1.34. The Morgan fingerprint density at radius 1 is 1.28 bits per heavy atom. The van der Waals surface area contributed by atoms with Crippen molar-refractivity contribution in [2.45, 2.75) is 0 Å². The Hall–Kier alpha value is -2.55. The summed E-state index contributed by atoms with van der Waals surface area (Å²) >= 11 is 1.16. The van der Waals surface area contributed by atoms with Gasteiger partial charge in [0.2, 0.25) is 0 Å². The number of aromatic nitrogens is 3. The number of nitrogens with one attached hydrogen (secondary N) is 2. The Bertz CT molecular complexity index is 906. The largest absolute Gasteiger partial charge is 0.316 e. The Balaban J connectivity index is 2.64. The van der Waals surface area contributed by atoms with Gasteiger partial charge in [0.15, 0.2) is 5.52 Å². The third-order valence-corrected chi connectivity index (χ3v) is 3.32. The molecule has 90 valence electrons. The number of rotatable bonds is 1. The van der Waals surface area contributed by atoms with E-state index in [1.165, 1.54) is 11.6 Å². The molecule has 0 saturated carbocycles. The van der Waals surface area contributed by atoms with Gasteiger partial charge >= 0.3 is 11.1 Å². The summed E-state index contributed by atoms with van der Waals surface area (Å²) in [7, 11) is 0. The second-order valence-electron chi connectivity index (χ2n) is 3.51. The smallest absolute Gasteiger partial charge is 0.314 e. The molecular formula is C9H4N4O4S. The first kappa shape index (κ1) is 10.6. The van der Waals surface area contributed by atoms with Gasteiger partial charge in [0.05, 0.1) is 26.2 Å². The third-order valence-electron chi connectivity index (χ3n) is 2.48. The predicted octanol–water partition coefficient (Wildman–Crippen LogP) is 0.734. The van der Waals surface area contributed by atoms with E-state index < -0.39 is 16.0 Å². The van der Waals surface area contributed by atoms with Gasteiger partial charge in [-0.3, -0.25) is 19.7 Å². The molecule has 0 aliphatic carbocycles. The molecule has 1 aromatic carbocycles. The van der Waals surface area contributed by atoms with Gasteiger partial charge in [0.25, 0.3) is 5.69 Å². The summed E-state index contributed by atoms with van der Waals surface area (Å²) in [5, 5.41) is 10.9. The monoisotopic (exact) mass is 264 g/mol. The average Bonchev–Trinajstić information content (AvgIpc) is 2.79. The van der Waals surface area contributed by atoms with E-state index in [0.29, 0.717) is 10.2 Å². The number of H-pyrrole nitrogens is 2. The van der Waals surface area contributed by atoms with E-state index in [4.69, 9.17) is 0 Å².